The summed E-state index contributed by atoms with van der Waals surface area (Å²) in [6, 6.07) is 17.8. The molecule has 0 amide bonds. The van der Waals surface area contributed by atoms with Crippen LogP contribution < -0.4 is 0 Å². The molecule has 0 heterocycles. The van der Waals surface area contributed by atoms with E-state index in [0.29, 0.717) is 0 Å². The van der Waals surface area contributed by atoms with Gasteiger partial charge in [-0.05, 0) is 11.1 Å². The maximum absolute atomic E-state index is 12.9. The summed E-state index contributed by atoms with van der Waals surface area (Å²) in [6.07, 6.45) is -3.51. The number of halogens is 6. The first-order valence-electron chi connectivity index (χ1n) is 12.2. The second-order valence-electron chi connectivity index (χ2n) is 8.76. The molecule has 0 spiro atoms. The second-order valence-corrected chi connectivity index (χ2v) is 11.1. The minimum atomic E-state index is -1.75. The van der Waals surface area contributed by atoms with Crippen LogP contribution >= 0.6 is 69.6 Å². The molecule has 0 N–H and O–H groups in total. The van der Waals surface area contributed by atoms with Gasteiger partial charge in [-0.15, -0.1) is 0 Å². The third-order valence-corrected chi connectivity index (χ3v) is 8.40. The Labute approximate surface area is 280 Å². The van der Waals surface area contributed by atoms with Crippen molar-refractivity contribution >= 4 is 93.4 Å². The van der Waals surface area contributed by atoms with Crippen LogP contribution in [0.3, 0.4) is 0 Å². The average Bonchev–Trinajstić information content (AvgIpc) is 3.03. The van der Waals surface area contributed by atoms with E-state index in [4.69, 9.17) is 88.6 Å². The Bertz CT molecular complexity index is 1590. The zero-order valence-electron chi connectivity index (χ0n) is 21.9. The van der Waals surface area contributed by atoms with Gasteiger partial charge in [-0.3, -0.25) is 0 Å². The van der Waals surface area contributed by atoms with Crippen LogP contribution in [0.2, 0.25) is 0 Å². The van der Waals surface area contributed by atoms with Gasteiger partial charge >= 0.3 is 11.9 Å². The molecule has 2 aromatic carbocycles. The molecule has 226 valence electrons. The molecular formula is C30H16Cl6O8. The number of ether oxygens (including phenoxy) is 4. The molecule has 0 radical (unpaired) electrons. The van der Waals surface area contributed by atoms with Gasteiger partial charge in [0.05, 0.1) is 10.1 Å². The first-order chi connectivity index (χ1) is 21.1. The maximum atomic E-state index is 12.9. The van der Waals surface area contributed by atoms with Crippen LogP contribution in [0.1, 0.15) is 11.1 Å². The van der Waals surface area contributed by atoms with Gasteiger partial charge in [0.25, 0.3) is 0 Å². The predicted octanol–water partition coefficient (Wildman–Crippen LogP) is 7.07. The lowest BCUT2D eigenvalue weighted by atomic mass is 10.0. The van der Waals surface area contributed by atoms with Gasteiger partial charge in [0.15, 0.2) is 23.7 Å². The molecule has 0 saturated heterocycles. The highest BCUT2D eigenvalue weighted by molar-refractivity contribution is 6.46. The second kappa shape index (κ2) is 15.0. The van der Waals surface area contributed by atoms with Crippen molar-refractivity contribution in [3.05, 3.63) is 125 Å². The van der Waals surface area contributed by atoms with Gasteiger partial charge in [-0.2, -0.15) is 0 Å². The number of esters is 2. The van der Waals surface area contributed by atoms with Crippen molar-refractivity contribution in [1.29, 1.82) is 0 Å². The Hall–Kier alpha value is -3.42. The standard InChI is InChI=1S/C30H16Cl6O8/c31-19-17(11-37)25(23(35)27(21(19)33)41-13-15-7-3-1-4-8-15)43-29(39)30(40)44-26-18(12-38)20(32)22(34)28(24(26)36)42-14-16-9-5-2-6-10-16/h1-10,25-26H,13-14H2. The predicted molar refractivity (Wildman–Crippen MR) is 164 cm³/mol. The summed E-state index contributed by atoms with van der Waals surface area (Å²) in [6.45, 7) is -0.0388. The molecule has 4 rings (SSSR count). The van der Waals surface area contributed by atoms with E-state index in [9.17, 15) is 19.2 Å². The van der Waals surface area contributed by atoms with E-state index >= 15 is 0 Å². The fourth-order valence-corrected chi connectivity index (χ4v) is 5.49. The highest BCUT2D eigenvalue weighted by Gasteiger charge is 2.41. The zero-order chi connectivity index (χ0) is 32.0. The third kappa shape index (κ3) is 7.27. The smallest absolute Gasteiger partial charge is 0.418 e. The normalized spacial score (nSPS) is 18.6. The van der Waals surface area contributed by atoms with Gasteiger partial charge < -0.3 is 18.9 Å². The number of carbonyl (C=O) groups excluding carboxylic acids is 4. The molecule has 0 saturated carbocycles. The van der Waals surface area contributed by atoms with Crippen molar-refractivity contribution in [3.8, 4) is 0 Å². The number of rotatable bonds is 8. The van der Waals surface area contributed by atoms with Crippen LogP contribution in [0.15, 0.2) is 114 Å². The van der Waals surface area contributed by atoms with E-state index in [0.717, 1.165) is 11.1 Å². The molecule has 2 aromatic rings. The van der Waals surface area contributed by atoms with Crippen molar-refractivity contribution in [2.24, 2.45) is 0 Å². The monoisotopic (exact) mass is 714 g/mol. The lowest BCUT2D eigenvalue weighted by Crippen LogP contribution is -2.34. The molecule has 2 atom stereocenters. The number of carbonyl (C=O) groups is 2. The van der Waals surface area contributed by atoms with Crippen LogP contribution in [0.4, 0.5) is 0 Å². The molecule has 2 unspecified atom stereocenters. The van der Waals surface area contributed by atoms with Crippen molar-refractivity contribution in [2.75, 3.05) is 0 Å². The van der Waals surface area contributed by atoms with Gasteiger partial charge in [-0.25, -0.2) is 19.2 Å². The SMILES string of the molecule is O=C=C1C(Cl)=C(Cl)C(OCc2ccccc2)=C(Cl)C1OC(=O)C(=O)OC1C(=C=O)C(Cl)=C(Cl)C(OCc2ccccc2)=C1Cl. The topological polar surface area (TPSA) is 105 Å². The van der Waals surface area contributed by atoms with Crippen LogP contribution in [0.5, 0.6) is 0 Å². The molecule has 8 nitrogen and oxygen atoms in total. The first-order valence-corrected chi connectivity index (χ1v) is 14.5. The quantitative estimate of drug-likeness (QED) is 0.162. The minimum absolute atomic E-state index is 0.0194. The highest BCUT2D eigenvalue weighted by Crippen LogP contribution is 2.43. The summed E-state index contributed by atoms with van der Waals surface area (Å²) in [5.41, 5.74) is 0.479. The average molecular weight is 717 g/mol. The summed E-state index contributed by atoms with van der Waals surface area (Å²) in [5, 5.41) is -2.02. The number of allylic oxidation sites excluding steroid dienone is 2. The van der Waals surface area contributed by atoms with Crippen molar-refractivity contribution < 1.29 is 38.1 Å². The largest absolute Gasteiger partial charge is 0.486 e. The fraction of sp³-hybridized carbons (Fsp3) is 0.133. The summed E-state index contributed by atoms with van der Waals surface area (Å²) in [5.74, 6) is -0.732. The van der Waals surface area contributed by atoms with Crippen LogP contribution in [0.25, 0.3) is 0 Å². The van der Waals surface area contributed by atoms with Gasteiger partial charge in [0, 0.05) is 0 Å². The van der Waals surface area contributed by atoms with Gasteiger partial charge in [0.1, 0.15) is 56.4 Å². The summed E-state index contributed by atoms with van der Waals surface area (Å²) >= 11 is 37.8. The molecule has 14 heteroatoms. The van der Waals surface area contributed by atoms with Gasteiger partial charge in [-0.1, -0.05) is 130 Å². The fourth-order valence-electron chi connectivity index (χ4n) is 3.82. The minimum Gasteiger partial charge on any atom is -0.486 e. The maximum Gasteiger partial charge on any atom is 0.418 e. The molecule has 2 aliphatic carbocycles. The summed E-state index contributed by atoms with van der Waals surface area (Å²) in [7, 11) is 0. The number of benzene rings is 2. The van der Waals surface area contributed by atoms with Crippen molar-refractivity contribution in [2.45, 2.75) is 25.4 Å². The summed E-state index contributed by atoms with van der Waals surface area (Å²) < 4.78 is 21.7. The Morgan fingerprint density at radius 3 is 1.23 bits per heavy atom. The third-order valence-electron chi connectivity index (χ3n) is 5.96. The number of hydrogen-bond acceptors (Lipinski definition) is 8. The van der Waals surface area contributed by atoms with E-state index in [1.165, 1.54) is 11.9 Å². The molecule has 44 heavy (non-hydrogen) atoms. The Morgan fingerprint density at radius 1 is 0.568 bits per heavy atom. The van der Waals surface area contributed by atoms with E-state index < -0.39 is 35.3 Å². The number of hydrogen-bond donors (Lipinski definition) is 0. The van der Waals surface area contributed by atoms with Crippen LogP contribution in [-0.4, -0.2) is 36.0 Å². The Balaban J connectivity index is 1.55. The van der Waals surface area contributed by atoms with E-state index in [1.807, 2.05) is 0 Å². The molecule has 0 aliphatic heterocycles. The van der Waals surface area contributed by atoms with Gasteiger partial charge in [0.2, 0.25) is 0 Å². The zero-order valence-corrected chi connectivity index (χ0v) is 26.4. The molecular weight excluding hydrogens is 701 g/mol. The lowest BCUT2D eigenvalue weighted by molar-refractivity contribution is -0.170. The molecule has 0 bridgehead atoms. The molecule has 2 aliphatic rings. The molecule has 0 aromatic heterocycles. The van der Waals surface area contributed by atoms with Crippen LogP contribution in [0, 0.1) is 0 Å². The van der Waals surface area contributed by atoms with E-state index in [1.54, 1.807) is 60.7 Å². The van der Waals surface area contributed by atoms with Crippen molar-refractivity contribution in [1.82, 2.24) is 0 Å². The Morgan fingerprint density at radius 2 is 0.909 bits per heavy atom. The summed E-state index contributed by atoms with van der Waals surface area (Å²) in [4.78, 5) is 49.2. The highest BCUT2D eigenvalue weighted by atomic mass is 35.5. The van der Waals surface area contributed by atoms with E-state index in [2.05, 4.69) is 0 Å². The molecule has 0 fully saturated rings. The van der Waals surface area contributed by atoms with E-state index in [-0.39, 0.29) is 54.9 Å². The van der Waals surface area contributed by atoms with Crippen LogP contribution in [-0.2, 0) is 51.3 Å². The first kappa shape index (κ1) is 33.5. The van der Waals surface area contributed by atoms with Crippen molar-refractivity contribution in [3.63, 3.8) is 0 Å². The lowest BCUT2D eigenvalue weighted by Gasteiger charge is -2.27. The Kier molecular flexibility index (Phi) is 11.4.